The van der Waals surface area contributed by atoms with E-state index in [0.29, 0.717) is 23.1 Å². The van der Waals surface area contributed by atoms with E-state index in [1.807, 2.05) is 35.8 Å². The Labute approximate surface area is 181 Å². The third-order valence-corrected chi connectivity index (χ3v) is 6.93. The molecule has 0 aliphatic carbocycles. The van der Waals surface area contributed by atoms with E-state index in [-0.39, 0.29) is 16.6 Å². The molecule has 1 aromatic heterocycles. The molecular weight excluding hydrogens is 420 g/mol. The van der Waals surface area contributed by atoms with Crippen LogP contribution in [0.15, 0.2) is 52.5 Å². The second kappa shape index (κ2) is 9.20. The fourth-order valence-corrected chi connectivity index (χ4v) is 4.67. The maximum absolute atomic E-state index is 12.6. The number of nitrogens with zero attached hydrogens (tertiary/aromatic N) is 2. The Morgan fingerprint density at radius 3 is 2.63 bits per heavy atom. The first kappa shape index (κ1) is 22.3. The van der Waals surface area contributed by atoms with E-state index in [4.69, 9.17) is 5.14 Å². The van der Waals surface area contributed by atoms with Gasteiger partial charge in [-0.05, 0) is 49.1 Å². The third-order valence-electron chi connectivity index (χ3n) is 5.04. The van der Waals surface area contributed by atoms with Crippen LogP contribution in [0.25, 0.3) is 11.0 Å². The highest BCUT2D eigenvalue weighted by Gasteiger charge is 2.16. The molecule has 0 saturated carbocycles. The zero-order chi connectivity index (χ0) is 21.9. The van der Waals surface area contributed by atoms with Gasteiger partial charge in [0.05, 0.1) is 21.7 Å². The normalized spacial score (nSPS) is 12.8. The molecule has 0 spiro atoms. The Balaban J connectivity index is 1.78. The second-order valence-corrected chi connectivity index (χ2v) is 9.57. The summed E-state index contributed by atoms with van der Waals surface area (Å²) in [7, 11) is -3.80. The Morgan fingerprint density at radius 1 is 1.23 bits per heavy atom. The summed E-state index contributed by atoms with van der Waals surface area (Å²) in [6.45, 7) is 6.88. The molecule has 0 aliphatic heterocycles. The number of benzene rings is 2. The highest BCUT2D eigenvalue weighted by atomic mass is 32.2. The lowest BCUT2D eigenvalue weighted by molar-refractivity contribution is -0.113. The highest BCUT2D eigenvalue weighted by Crippen LogP contribution is 2.28. The molecule has 2 aromatic carbocycles. The quantitative estimate of drug-likeness (QED) is 0.510. The first-order valence-corrected chi connectivity index (χ1v) is 12.3. The van der Waals surface area contributed by atoms with Gasteiger partial charge in [0, 0.05) is 12.2 Å². The zero-order valence-corrected chi connectivity index (χ0v) is 18.9. The summed E-state index contributed by atoms with van der Waals surface area (Å²) in [6.07, 6.45) is 0.989. The van der Waals surface area contributed by atoms with Crippen LogP contribution in [0.5, 0.6) is 0 Å². The first-order chi connectivity index (χ1) is 14.2. The van der Waals surface area contributed by atoms with Crippen LogP contribution >= 0.6 is 11.8 Å². The van der Waals surface area contributed by atoms with E-state index in [9.17, 15) is 13.2 Å². The minimum atomic E-state index is -3.80. The Kier molecular flexibility index (Phi) is 6.84. The second-order valence-electron chi connectivity index (χ2n) is 7.07. The molecule has 7 nitrogen and oxygen atoms in total. The fourth-order valence-electron chi connectivity index (χ4n) is 3.26. The molecule has 0 unspecified atom stereocenters. The number of amides is 1. The molecule has 1 atom stereocenters. The van der Waals surface area contributed by atoms with Gasteiger partial charge >= 0.3 is 0 Å². The van der Waals surface area contributed by atoms with E-state index >= 15 is 0 Å². The summed E-state index contributed by atoms with van der Waals surface area (Å²) in [5, 5.41) is 8.88. The average molecular weight is 447 g/mol. The fraction of sp³-hybridized carbons (Fsp3) is 0.333. The van der Waals surface area contributed by atoms with Crippen molar-refractivity contribution in [2.24, 2.45) is 5.14 Å². The molecular formula is C21H26N4O3S2. The zero-order valence-electron chi connectivity index (χ0n) is 17.3. The molecule has 0 bridgehead atoms. The minimum Gasteiger partial charge on any atom is -0.325 e. The molecule has 30 heavy (non-hydrogen) atoms. The van der Waals surface area contributed by atoms with Crippen LogP contribution in [0.2, 0.25) is 0 Å². The average Bonchev–Trinajstić information content (AvgIpc) is 3.08. The number of hydrogen-bond acceptors (Lipinski definition) is 5. The number of nitrogens with one attached hydrogen (secondary N) is 1. The number of aromatic nitrogens is 2. The van der Waals surface area contributed by atoms with Crippen LogP contribution in [0, 0.1) is 0 Å². The molecule has 3 rings (SSSR count). The van der Waals surface area contributed by atoms with Crippen molar-refractivity contribution in [2.75, 3.05) is 11.1 Å². The largest absolute Gasteiger partial charge is 0.325 e. The lowest BCUT2D eigenvalue weighted by atomic mass is 9.97. The van der Waals surface area contributed by atoms with Gasteiger partial charge in [-0.3, -0.25) is 4.79 Å². The number of hydrogen-bond donors (Lipinski definition) is 2. The monoisotopic (exact) mass is 446 g/mol. The van der Waals surface area contributed by atoms with Crippen molar-refractivity contribution in [3.8, 4) is 0 Å². The van der Waals surface area contributed by atoms with Crippen molar-refractivity contribution in [3.63, 3.8) is 0 Å². The molecule has 0 fully saturated rings. The number of fused-ring (bicyclic) bond motifs is 1. The van der Waals surface area contributed by atoms with Crippen molar-refractivity contribution in [1.29, 1.82) is 0 Å². The van der Waals surface area contributed by atoms with Gasteiger partial charge in [0.2, 0.25) is 15.9 Å². The van der Waals surface area contributed by atoms with Crippen LogP contribution in [-0.4, -0.2) is 29.6 Å². The summed E-state index contributed by atoms with van der Waals surface area (Å²) >= 11 is 1.32. The molecule has 1 amide bonds. The van der Waals surface area contributed by atoms with Crippen molar-refractivity contribution < 1.29 is 13.2 Å². The summed E-state index contributed by atoms with van der Waals surface area (Å²) in [5.41, 5.74) is 3.29. The minimum absolute atomic E-state index is 0.0201. The van der Waals surface area contributed by atoms with Crippen molar-refractivity contribution in [3.05, 3.63) is 48.0 Å². The van der Waals surface area contributed by atoms with Crippen LogP contribution in [0.4, 0.5) is 5.69 Å². The highest BCUT2D eigenvalue weighted by molar-refractivity contribution is 7.99. The smallest absolute Gasteiger partial charge is 0.238 e. The van der Waals surface area contributed by atoms with Gasteiger partial charge in [0.15, 0.2) is 5.16 Å². The number of para-hydroxylation sites is 1. The molecule has 9 heteroatoms. The standard InChI is InChI=1S/C21H26N4O3S2/c1-4-14(3)16-8-6-7-9-17(16)23-20(26)13-29-21-24-18-12-15(30(22,27)28)10-11-19(18)25(21)5-2/h6-12,14H,4-5,13H2,1-3H3,(H,23,26)(H2,22,27,28)/t14-/m0/s1. The van der Waals surface area contributed by atoms with Crippen molar-refractivity contribution in [1.82, 2.24) is 9.55 Å². The molecule has 0 aliphatic rings. The predicted octanol–water partition coefficient (Wildman–Crippen LogP) is 3.95. The molecule has 160 valence electrons. The number of aryl methyl sites for hydroxylation is 1. The number of rotatable bonds is 8. The van der Waals surface area contributed by atoms with E-state index in [1.165, 1.54) is 23.9 Å². The molecule has 3 N–H and O–H groups in total. The third kappa shape index (κ3) is 4.85. The van der Waals surface area contributed by atoms with Gasteiger partial charge < -0.3 is 9.88 Å². The van der Waals surface area contributed by atoms with E-state index in [2.05, 4.69) is 24.1 Å². The van der Waals surface area contributed by atoms with Crippen LogP contribution in [0.3, 0.4) is 0 Å². The molecule has 0 radical (unpaired) electrons. The number of carbonyl (C=O) groups excluding carboxylic acids is 1. The van der Waals surface area contributed by atoms with Crippen LogP contribution in [-0.2, 0) is 21.4 Å². The Hall–Kier alpha value is -2.36. The number of carbonyl (C=O) groups is 1. The van der Waals surface area contributed by atoms with Gasteiger partial charge in [0.25, 0.3) is 0 Å². The van der Waals surface area contributed by atoms with Gasteiger partial charge in [-0.2, -0.15) is 0 Å². The van der Waals surface area contributed by atoms with Gasteiger partial charge in [0.1, 0.15) is 0 Å². The predicted molar refractivity (Wildman–Crippen MR) is 121 cm³/mol. The maximum Gasteiger partial charge on any atom is 0.238 e. The summed E-state index contributed by atoms with van der Waals surface area (Å²) < 4.78 is 25.2. The number of primary sulfonamides is 1. The Bertz CT molecular complexity index is 1170. The van der Waals surface area contributed by atoms with E-state index < -0.39 is 10.0 Å². The number of thioether (sulfide) groups is 1. The van der Waals surface area contributed by atoms with Gasteiger partial charge in [-0.15, -0.1) is 0 Å². The number of imidazole rings is 1. The lowest BCUT2D eigenvalue weighted by Crippen LogP contribution is -2.16. The Morgan fingerprint density at radius 2 is 1.97 bits per heavy atom. The van der Waals surface area contributed by atoms with Gasteiger partial charge in [-0.1, -0.05) is 43.8 Å². The van der Waals surface area contributed by atoms with Crippen molar-refractivity contribution in [2.45, 2.75) is 49.7 Å². The molecule has 0 saturated heterocycles. The molecule has 3 aromatic rings. The van der Waals surface area contributed by atoms with E-state index in [1.54, 1.807) is 6.07 Å². The van der Waals surface area contributed by atoms with E-state index in [0.717, 1.165) is 23.2 Å². The van der Waals surface area contributed by atoms with Crippen LogP contribution < -0.4 is 10.5 Å². The lowest BCUT2D eigenvalue weighted by Gasteiger charge is -2.15. The van der Waals surface area contributed by atoms with Gasteiger partial charge in [-0.25, -0.2) is 18.5 Å². The number of anilines is 1. The summed E-state index contributed by atoms with van der Waals surface area (Å²) in [6, 6.07) is 12.5. The SMILES string of the molecule is CC[C@H](C)c1ccccc1NC(=O)CSc1nc2cc(S(N)(=O)=O)ccc2n1CC. The number of nitrogens with two attached hydrogens (primary N) is 1. The maximum atomic E-state index is 12.6. The number of sulfonamides is 1. The molecule has 1 heterocycles. The van der Waals surface area contributed by atoms with Crippen LogP contribution in [0.1, 0.15) is 38.7 Å². The summed E-state index contributed by atoms with van der Waals surface area (Å²) in [5.74, 6) is 0.433. The topological polar surface area (TPSA) is 107 Å². The van der Waals surface area contributed by atoms with Crippen molar-refractivity contribution >= 4 is 44.4 Å². The summed E-state index contributed by atoms with van der Waals surface area (Å²) in [4.78, 5) is 17.1. The first-order valence-electron chi connectivity index (χ1n) is 9.79.